The highest BCUT2D eigenvalue weighted by molar-refractivity contribution is 5.70. The quantitative estimate of drug-likeness (QED) is 0.364. The largest absolute Gasteiger partial charge is 0.204 e. The SMILES string of the molecule is C=CC1CCC(CCc2ccc(-c3ccc(-c4ccc(F)c(F)c4)cc3)cc2)CC1. The monoisotopic (exact) mass is 402 g/mol. The zero-order chi connectivity index (χ0) is 20.9. The lowest BCUT2D eigenvalue weighted by Gasteiger charge is -2.26. The second-order valence-electron chi connectivity index (χ2n) is 8.46. The van der Waals surface area contributed by atoms with Crippen LogP contribution in [0.15, 0.2) is 79.4 Å². The first kappa shape index (κ1) is 20.5. The molecule has 1 aliphatic carbocycles. The second-order valence-corrected chi connectivity index (χ2v) is 8.46. The van der Waals surface area contributed by atoms with Crippen molar-refractivity contribution in [3.05, 3.63) is 96.6 Å². The van der Waals surface area contributed by atoms with Gasteiger partial charge in [0.2, 0.25) is 0 Å². The minimum Gasteiger partial charge on any atom is -0.204 e. The van der Waals surface area contributed by atoms with Gasteiger partial charge in [-0.25, -0.2) is 8.78 Å². The van der Waals surface area contributed by atoms with E-state index >= 15 is 0 Å². The third kappa shape index (κ3) is 4.87. The van der Waals surface area contributed by atoms with E-state index in [-0.39, 0.29) is 0 Å². The van der Waals surface area contributed by atoms with E-state index in [9.17, 15) is 8.78 Å². The minimum absolute atomic E-state index is 0.679. The Labute approximate surface area is 178 Å². The Hall–Kier alpha value is -2.74. The molecule has 0 N–H and O–H groups in total. The van der Waals surface area contributed by atoms with Crippen LogP contribution < -0.4 is 0 Å². The molecule has 0 unspecified atom stereocenters. The van der Waals surface area contributed by atoms with Crippen molar-refractivity contribution in [3.63, 3.8) is 0 Å². The van der Waals surface area contributed by atoms with Gasteiger partial charge in [-0.1, -0.05) is 60.7 Å². The maximum atomic E-state index is 13.5. The molecule has 0 saturated heterocycles. The van der Waals surface area contributed by atoms with Crippen molar-refractivity contribution < 1.29 is 8.78 Å². The average molecular weight is 403 g/mol. The van der Waals surface area contributed by atoms with Crippen molar-refractivity contribution in [1.82, 2.24) is 0 Å². The van der Waals surface area contributed by atoms with Crippen LogP contribution in [0.4, 0.5) is 8.78 Å². The summed E-state index contributed by atoms with van der Waals surface area (Å²) in [4.78, 5) is 0. The average Bonchev–Trinajstić information content (AvgIpc) is 2.80. The maximum absolute atomic E-state index is 13.5. The number of benzene rings is 3. The predicted octanol–water partition coefficient (Wildman–Crippen LogP) is 8.22. The third-order valence-corrected chi connectivity index (χ3v) is 6.49. The molecule has 3 aromatic carbocycles. The van der Waals surface area contributed by atoms with Crippen LogP contribution in [0.2, 0.25) is 0 Å². The van der Waals surface area contributed by atoms with Crippen molar-refractivity contribution in [2.45, 2.75) is 38.5 Å². The molecule has 4 rings (SSSR count). The smallest absolute Gasteiger partial charge is 0.159 e. The van der Waals surface area contributed by atoms with E-state index < -0.39 is 11.6 Å². The van der Waals surface area contributed by atoms with Gasteiger partial charge in [0.1, 0.15) is 0 Å². The van der Waals surface area contributed by atoms with Crippen molar-refractivity contribution in [1.29, 1.82) is 0 Å². The maximum Gasteiger partial charge on any atom is 0.159 e. The Morgan fingerprint density at radius 3 is 1.80 bits per heavy atom. The van der Waals surface area contributed by atoms with Crippen LogP contribution in [0, 0.1) is 23.5 Å². The van der Waals surface area contributed by atoms with Crippen LogP contribution in [0.5, 0.6) is 0 Å². The summed E-state index contributed by atoms with van der Waals surface area (Å²) in [5.74, 6) is -0.0560. The summed E-state index contributed by atoms with van der Waals surface area (Å²) >= 11 is 0. The lowest BCUT2D eigenvalue weighted by molar-refractivity contribution is 0.296. The summed E-state index contributed by atoms with van der Waals surface area (Å²) in [7, 11) is 0. The molecule has 2 heteroatoms. The van der Waals surface area contributed by atoms with Crippen LogP contribution in [0.25, 0.3) is 22.3 Å². The number of hydrogen-bond acceptors (Lipinski definition) is 0. The normalized spacial score (nSPS) is 18.9. The summed E-state index contributed by atoms with van der Waals surface area (Å²) in [6, 6.07) is 20.8. The summed E-state index contributed by atoms with van der Waals surface area (Å²) in [6.45, 7) is 3.93. The molecular weight excluding hydrogens is 374 g/mol. The second kappa shape index (κ2) is 9.38. The van der Waals surface area contributed by atoms with E-state index in [1.165, 1.54) is 55.4 Å². The molecule has 154 valence electrons. The molecule has 0 heterocycles. The Kier molecular flexibility index (Phi) is 6.42. The highest BCUT2D eigenvalue weighted by Crippen LogP contribution is 2.32. The lowest BCUT2D eigenvalue weighted by Crippen LogP contribution is -2.13. The Morgan fingerprint density at radius 2 is 1.23 bits per heavy atom. The molecule has 0 spiro atoms. The highest BCUT2D eigenvalue weighted by atomic mass is 19.2. The van der Waals surface area contributed by atoms with Gasteiger partial charge in [-0.3, -0.25) is 0 Å². The standard InChI is InChI=1S/C28H28F2/c1-2-20-3-5-21(6-4-20)7-8-22-9-11-23(12-10-22)24-13-15-25(16-14-24)26-17-18-27(29)28(30)19-26/h2,9-21H,1,3-8H2. The van der Waals surface area contributed by atoms with Crippen LogP contribution in [-0.4, -0.2) is 0 Å². The highest BCUT2D eigenvalue weighted by Gasteiger charge is 2.18. The summed E-state index contributed by atoms with van der Waals surface area (Å²) in [5, 5.41) is 0. The molecule has 0 radical (unpaired) electrons. The van der Waals surface area contributed by atoms with Crippen molar-refractivity contribution >= 4 is 0 Å². The first-order valence-electron chi connectivity index (χ1n) is 10.9. The zero-order valence-corrected chi connectivity index (χ0v) is 17.3. The fraction of sp³-hybridized carbons (Fsp3) is 0.286. The van der Waals surface area contributed by atoms with Gasteiger partial charge in [0.25, 0.3) is 0 Å². The number of halogens is 2. The predicted molar refractivity (Wildman–Crippen MR) is 121 cm³/mol. The minimum atomic E-state index is -0.820. The van der Waals surface area contributed by atoms with Crippen LogP contribution in [0.1, 0.15) is 37.7 Å². The topological polar surface area (TPSA) is 0 Å². The molecule has 0 atom stereocenters. The fourth-order valence-electron chi connectivity index (χ4n) is 4.48. The fourth-order valence-corrected chi connectivity index (χ4v) is 4.48. The van der Waals surface area contributed by atoms with E-state index in [2.05, 4.69) is 36.9 Å². The number of allylic oxidation sites excluding steroid dienone is 1. The summed E-state index contributed by atoms with van der Waals surface area (Å²) < 4.78 is 26.6. The summed E-state index contributed by atoms with van der Waals surface area (Å²) in [5.41, 5.74) is 5.24. The molecule has 30 heavy (non-hydrogen) atoms. The molecule has 1 fully saturated rings. The van der Waals surface area contributed by atoms with Crippen LogP contribution >= 0.6 is 0 Å². The first-order chi connectivity index (χ1) is 14.6. The molecule has 0 nitrogen and oxygen atoms in total. The number of hydrogen-bond donors (Lipinski definition) is 0. The van der Waals surface area contributed by atoms with Crippen molar-refractivity contribution in [3.8, 4) is 22.3 Å². The molecule has 0 bridgehead atoms. The van der Waals surface area contributed by atoms with Crippen LogP contribution in [-0.2, 0) is 6.42 Å². The molecule has 1 aliphatic rings. The van der Waals surface area contributed by atoms with Crippen molar-refractivity contribution in [2.24, 2.45) is 11.8 Å². The number of aryl methyl sites for hydroxylation is 1. The Bertz CT molecular complexity index is 978. The molecular formula is C28H28F2. The van der Waals surface area contributed by atoms with Crippen LogP contribution in [0.3, 0.4) is 0 Å². The molecule has 0 amide bonds. The van der Waals surface area contributed by atoms with E-state index in [4.69, 9.17) is 0 Å². The third-order valence-electron chi connectivity index (χ3n) is 6.49. The van der Waals surface area contributed by atoms with E-state index in [0.29, 0.717) is 5.56 Å². The summed E-state index contributed by atoms with van der Waals surface area (Å²) in [6.07, 6.45) is 9.80. The van der Waals surface area contributed by atoms with Gasteiger partial charge in [0.05, 0.1) is 0 Å². The zero-order valence-electron chi connectivity index (χ0n) is 17.3. The van der Waals surface area contributed by atoms with Gasteiger partial charge < -0.3 is 0 Å². The van der Waals surface area contributed by atoms with Crippen molar-refractivity contribution in [2.75, 3.05) is 0 Å². The lowest BCUT2D eigenvalue weighted by atomic mass is 9.79. The Balaban J connectivity index is 1.36. The molecule has 0 aromatic heterocycles. The van der Waals surface area contributed by atoms with Gasteiger partial charge in [-0.15, -0.1) is 6.58 Å². The van der Waals surface area contributed by atoms with Gasteiger partial charge in [-0.05, 0) is 90.3 Å². The molecule has 0 aliphatic heterocycles. The van der Waals surface area contributed by atoms with Gasteiger partial charge in [0, 0.05) is 0 Å². The molecule has 1 saturated carbocycles. The van der Waals surface area contributed by atoms with E-state index in [1.807, 2.05) is 24.3 Å². The number of rotatable bonds is 6. The van der Waals surface area contributed by atoms with E-state index in [1.54, 1.807) is 6.07 Å². The molecule has 3 aromatic rings. The van der Waals surface area contributed by atoms with Gasteiger partial charge in [0.15, 0.2) is 11.6 Å². The Morgan fingerprint density at radius 1 is 0.700 bits per heavy atom. The van der Waals surface area contributed by atoms with Gasteiger partial charge >= 0.3 is 0 Å². The van der Waals surface area contributed by atoms with E-state index in [0.717, 1.165) is 29.4 Å². The van der Waals surface area contributed by atoms with Gasteiger partial charge in [-0.2, -0.15) is 0 Å². The first-order valence-corrected chi connectivity index (χ1v) is 10.9.